The minimum atomic E-state index is -4.30. The van der Waals surface area contributed by atoms with Gasteiger partial charge in [-0.25, -0.2) is 0 Å². The summed E-state index contributed by atoms with van der Waals surface area (Å²) in [6.07, 6.45) is -2.74. The van der Waals surface area contributed by atoms with Gasteiger partial charge in [-0.15, -0.1) is 0 Å². The molecule has 0 fully saturated rings. The van der Waals surface area contributed by atoms with E-state index in [1.54, 1.807) is 19.2 Å². The first-order chi connectivity index (χ1) is 8.65. The smallest absolute Gasteiger partial charge is 0.313 e. The second kappa shape index (κ2) is 5.95. The highest BCUT2D eigenvalue weighted by Gasteiger charge is 2.34. The van der Waals surface area contributed by atoms with Crippen LogP contribution in [0.2, 0.25) is 0 Å². The number of halogens is 3. The Morgan fingerprint density at radius 2 is 1.68 bits per heavy atom. The van der Waals surface area contributed by atoms with Crippen LogP contribution in [0.1, 0.15) is 50.8 Å². The Morgan fingerprint density at radius 1 is 1.11 bits per heavy atom. The number of nitrogens with one attached hydrogen (secondary N) is 1. The number of benzene rings is 1. The quantitative estimate of drug-likeness (QED) is 0.831. The van der Waals surface area contributed by atoms with E-state index in [0.29, 0.717) is 12.0 Å². The molecule has 0 spiro atoms. The third kappa shape index (κ3) is 4.86. The van der Waals surface area contributed by atoms with E-state index in [0.717, 1.165) is 12.5 Å². The molecule has 0 amide bonds. The zero-order valence-corrected chi connectivity index (χ0v) is 11.9. The molecule has 0 heterocycles. The molecule has 0 saturated carbocycles. The average molecular weight is 273 g/mol. The lowest BCUT2D eigenvalue weighted by Gasteiger charge is -2.25. The Balaban J connectivity index is 2.99. The van der Waals surface area contributed by atoms with Crippen LogP contribution < -0.4 is 5.32 Å². The zero-order valence-electron chi connectivity index (χ0n) is 11.9. The van der Waals surface area contributed by atoms with Crippen molar-refractivity contribution < 1.29 is 13.2 Å². The van der Waals surface area contributed by atoms with Crippen LogP contribution in [0, 0.1) is 5.41 Å². The van der Waals surface area contributed by atoms with Crippen LogP contribution in [0.15, 0.2) is 24.3 Å². The summed E-state index contributed by atoms with van der Waals surface area (Å²) in [5.74, 6) is 0. The third-order valence-corrected chi connectivity index (χ3v) is 3.17. The summed E-state index contributed by atoms with van der Waals surface area (Å²) < 4.78 is 39.0. The van der Waals surface area contributed by atoms with Crippen LogP contribution in [-0.2, 0) is 6.18 Å². The lowest BCUT2D eigenvalue weighted by molar-refractivity contribution is -0.138. The predicted molar refractivity (Wildman–Crippen MR) is 71.9 cm³/mol. The van der Waals surface area contributed by atoms with Gasteiger partial charge in [0.05, 0.1) is 5.56 Å². The van der Waals surface area contributed by atoms with E-state index in [4.69, 9.17) is 0 Å². The van der Waals surface area contributed by atoms with Gasteiger partial charge in [0.1, 0.15) is 0 Å². The third-order valence-electron chi connectivity index (χ3n) is 3.17. The number of hydrogen-bond acceptors (Lipinski definition) is 1. The minimum Gasteiger partial charge on any atom is -0.313 e. The molecule has 1 rings (SSSR count). The van der Waals surface area contributed by atoms with E-state index >= 15 is 0 Å². The maximum atomic E-state index is 13.0. The fourth-order valence-corrected chi connectivity index (χ4v) is 2.09. The van der Waals surface area contributed by atoms with Gasteiger partial charge in [0, 0.05) is 6.04 Å². The van der Waals surface area contributed by atoms with Gasteiger partial charge in [-0.1, -0.05) is 39.0 Å². The van der Waals surface area contributed by atoms with Crippen molar-refractivity contribution in [3.63, 3.8) is 0 Å². The van der Waals surface area contributed by atoms with Gasteiger partial charge in [0.15, 0.2) is 0 Å². The minimum absolute atomic E-state index is 0.113. The van der Waals surface area contributed by atoms with E-state index in [1.165, 1.54) is 6.07 Å². The van der Waals surface area contributed by atoms with Crippen LogP contribution in [0.4, 0.5) is 13.2 Å². The summed E-state index contributed by atoms with van der Waals surface area (Å²) in [4.78, 5) is 0. The Morgan fingerprint density at radius 3 is 2.16 bits per heavy atom. The highest BCUT2D eigenvalue weighted by molar-refractivity contribution is 5.32. The molecular formula is C15H22F3N. The molecule has 1 N–H and O–H groups in total. The summed E-state index contributed by atoms with van der Waals surface area (Å²) in [5, 5.41) is 3.00. The van der Waals surface area contributed by atoms with E-state index in [1.807, 2.05) is 0 Å². The van der Waals surface area contributed by atoms with Gasteiger partial charge >= 0.3 is 6.18 Å². The molecule has 1 aromatic carbocycles. The van der Waals surface area contributed by atoms with Crippen molar-refractivity contribution in [2.45, 2.75) is 45.8 Å². The molecule has 1 atom stereocenters. The van der Waals surface area contributed by atoms with Crippen molar-refractivity contribution in [2.24, 2.45) is 5.41 Å². The topological polar surface area (TPSA) is 12.0 Å². The standard InChI is InChI=1S/C15H22F3N/c1-14(2,3)10-9-13(19-4)11-7-5-6-8-12(11)15(16,17)18/h5-8,13,19H,9-10H2,1-4H3. The second-order valence-corrected chi connectivity index (χ2v) is 6.03. The van der Waals surface area contributed by atoms with Gasteiger partial charge in [0.25, 0.3) is 0 Å². The van der Waals surface area contributed by atoms with Gasteiger partial charge in [-0.3, -0.25) is 0 Å². The summed E-state index contributed by atoms with van der Waals surface area (Å²) in [6, 6.07) is 5.54. The Kier molecular flexibility index (Phi) is 5.02. The Bertz CT molecular complexity index is 405. The van der Waals surface area contributed by atoms with Crippen LogP contribution in [0.25, 0.3) is 0 Å². The van der Waals surface area contributed by atoms with Crippen LogP contribution in [-0.4, -0.2) is 7.05 Å². The lowest BCUT2D eigenvalue weighted by Crippen LogP contribution is -2.22. The second-order valence-electron chi connectivity index (χ2n) is 6.03. The van der Waals surface area contributed by atoms with E-state index in [9.17, 15) is 13.2 Å². The monoisotopic (exact) mass is 273 g/mol. The Labute approximate surface area is 113 Å². The first-order valence-electron chi connectivity index (χ1n) is 6.48. The van der Waals surface area contributed by atoms with Crippen LogP contribution >= 0.6 is 0 Å². The molecule has 1 unspecified atom stereocenters. The summed E-state index contributed by atoms with van der Waals surface area (Å²) in [7, 11) is 1.71. The van der Waals surface area contributed by atoms with Gasteiger partial charge in [-0.2, -0.15) is 13.2 Å². The van der Waals surface area contributed by atoms with Crippen molar-refractivity contribution in [1.29, 1.82) is 0 Å². The average Bonchev–Trinajstić information content (AvgIpc) is 2.27. The number of rotatable bonds is 4. The molecule has 0 aliphatic heterocycles. The summed E-state index contributed by atoms with van der Waals surface area (Å²) in [6.45, 7) is 6.28. The van der Waals surface area contributed by atoms with Crippen molar-refractivity contribution in [3.8, 4) is 0 Å². The molecule has 19 heavy (non-hydrogen) atoms. The van der Waals surface area contributed by atoms with E-state index < -0.39 is 11.7 Å². The van der Waals surface area contributed by atoms with Gasteiger partial charge < -0.3 is 5.32 Å². The molecule has 4 heteroatoms. The number of alkyl halides is 3. The fourth-order valence-electron chi connectivity index (χ4n) is 2.09. The SMILES string of the molecule is CNC(CCC(C)(C)C)c1ccccc1C(F)(F)F. The van der Waals surface area contributed by atoms with Crippen molar-refractivity contribution in [2.75, 3.05) is 7.05 Å². The first kappa shape index (κ1) is 16.0. The zero-order chi connectivity index (χ0) is 14.7. The first-order valence-corrected chi connectivity index (χ1v) is 6.48. The maximum absolute atomic E-state index is 13.0. The van der Waals surface area contributed by atoms with Crippen molar-refractivity contribution in [3.05, 3.63) is 35.4 Å². The van der Waals surface area contributed by atoms with Crippen LogP contribution in [0.5, 0.6) is 0 Å². The molecule has 0 aliphatic rings. The van der Waals surface area contributed by atoms with Crippen LogP contribution in [0.3, 0.4) is 0 Å². The van der Waals surface area contributed by atoms with E-state index in [-0.39, 0.29) is 11.5 Å². The molecule has 0 saturated heterocycles. The highest BCUT2D eigenvalue weighted by atomic mass is 19.4. The molecule has 1 aromatic rings. The molecule has 0 bridgehead atoms. The molecule has 108 valence electrons. The van der Waals surface area contributed by atoms with Crippen molar-refractivity contribution >= 4 is 0 Å². The maximum Gasteiger partial charge on any atom is 0.416 e. The predicted octanol–water partition coefficient (Wildman–Crippen LogP) is 4.79. The highest BCUT2D eigenvalue weighted by Crippen LogP contribution is 2.36. The molecular weight excluding hydrogens is 251 g/mol. The van der Waals surface area contributed by atoms with Crippen molar-refractivity contribution in [1.82, 2.24) is 5.32 Å². The largest absolute Gasteiger partial charge is 0.416 e. The molecule has 0 aromatic heterocycles. The lowest BCUT2D eigenvalue weighted by atomic mass is 9.86. The fraction of sp³-hybridized carbons (Fsp3) is 0.600. The normalized spacial score (nSPS) is 14.5. The Hall–Kier alpha value is -1.03. The summed E-state index contributed by atoms with van der Waals surface area (Å²) in [5.41, 5.74) is -0.0903. The molecule has 1 nitrogen and oxygen atoms in total. The molecule has 0 radical (unpaired) electrons. The summed E-state index contributed by atoms with van der Waals surface area (Å²) >= 11 is 0. The van der Waals surface area contributed by atoms with E-state index in [2.05, 4.69) is 26.1 Å². The molecule has 0 aliphatic carbocycles. The number of hydrogen-bond donors (Lipinski definition) is 1. The van der Waals surface area contributed by atoms with Gasteiger partial charge in [-0.05, 0) is 36.9 Å². The van der Waals surface area contributed by atoms with Gasteiger partial charge in [0.2, 0.25) is 0 Å².